The predicted molar refractivity (Wildman–Crippen MR) is 76.0 cm³/mol. The van der Waals surface area contributed by atoms with Gasteiger partial charge in [-0.05, 0) is 37.2 Å². The fraction of sp³-hybridized carbons (Fsp3) is 0.308. The smallest absolute Gasteiger partial charge is 0.0939 e. The summed E-state index contributed by atoms with van der Waals surface area (Å²) in [7, 11) is 0. The number of halogens is 2. The third kappa shape index (κ3) is 3.25. The summed E-state index contributed by atoms with van der Waals surface area (Å²) in [5.74, 6) is 0. The van der Waals surface area contributed by atoms with Gasteiger partial charge in [-0.2, -0.15) is 5.10 Å². The number of nitrogens with zero attached hydrogens (tertiary/aromatic N) is 1. The van der Waals surface area contributed by atoms with Gasteiger partial charge in [0, 0.05) is 22.8 Å². The van der Waals surface area contributed by atoms with E-state index in [9.17, 15) is 0 Å². The Bertz CT molecular complexity index is 523. The lowest BCUT2D eigenvalue weighted by Gasteiger charge is -2.00. The summed E-state index contributed by atoms with van der Waals surface area (Å²) in [5.41, 5.74) is 2.77. The molecule has 0 aliphatic carbocycles. The number of hydrogen-bond donors (Lipinski definition) is 2. The van der Waals surface area contributed by atoms with Gasteiger partial charge in [-0.1, -0.05) is 30.1 Å². The maximum absolute atomic E-state index is 6.15. The molecule has 2 N–H and O–H groups in total. The SMILES string of the molecule is CCCNCc1cc(-c2ccc(Cl)cc2Cl)n[nH]1. The lowest BCUT2D eigenvalue weighted by molar-refractivity contribution is 0.662. The summed E-state index contributed by atoms with van der Waals surface area (Å²) >= 11 is 12.0. The molecule has 0 fully saturated rings. The van der Waals surface area contributed by atoms with Crippen LogP contribution in [0.5, 0.6) is 0 Å². The topological polar surface area (TPSA) is 40.7 Å². The van der Waals surface area contributed by atoms with E-state index in [1.165, 1.54) is 0 Å². The number of nitrogens with one attached hydrogen (secondary N) is 2. The van der Waals surface area contributed by atoms with Crippen LogP contribution in [0.4, 0.5) is 0 Å². The van der Waals surface area contributed by atoms with E-state index in [4.69, 9.17) is 23.2 Å². The van der Waals surface area contributed by atoms with Crippen molar-refractivity contribution in [1.29, 1.82) is 0 Å². The van der Waals surface area contributed by atoms with Gasteiger partial charge in [0.15, 0.2) is 0 Å². The molecule has 0 radical (unpaired) electrons. The van der Waals surface area contributed by atoms with Crippen molar-refractivity contribution < 1.29 is 0 Å². The summed E-state index contributed by atoms with van der Waals surface area (Å²) in [6, 6.07) is 7.41. The van der Waals surface area contributed by atoms with E-state index in [0.29, 0.717) is 10.0 Å². The average molecular weight is 284 g/mol. The zero-order valence-electron chi connectivity index (χ0n) is 10.1. The van der Waals surface area contributed by atoms with Crippen molar-refractivity contribution >= 4 is 23.2 Å². The number of aromatic amines is 1. The molecule has 0 saturated heterocycles. The third-order valence-corrected chi connectivity index (χ3v) is 3.13. The Labute approximate surface area is 117 Å². The van der Waals surface area contributed by atoms with Crippen LogP contribution >= 0.6 is 23.2 Å². The maximum atomic E-state index is 6.15. The van der Waals surface area contributed by atoms with Crippen LogP contribution in [0.25, 0.3) is 11.3 Å². The van der Waals surface area contributed by atoms with Crippen molar-refractivity contribution in [2.24, 2.45) is 0 Å². The lowest BCUT2D eigenvalue weighted by Crippen LogP contribution is -2.13. The molecule has 0 aliphatic heterocycles. The molecule has 1 heterocycles. The first-order valence-electron chi connectivity index (χ1n) is 5.91. The molecule has 1 aromatic carbocycles. The Morgan fingerprint density at radius 3 is 2.83 bits per heavy atom. The zero-order chi connectivity index (χ0) is 13.0. The largest absolute Gasteiger partial charge is 0.311 e. The first kappa shape index (κ1) is 13.4. The summed E-state index contributed by atoms with van der Waals surface area (Å²) in [4.78, 5) is 0. The van der Waals surface area contributed by atoms with Crippen LogP contribution in [0.3, 0.4) is 0 Å². The summed E-state index contributed by atoms with van der Waals surface area (Å²) < 4.78 is 0. The second-order valence-corrected chi connectivity index (χ2v) is 4.92. The molecule has 2 aromatic rings. The first-order chi connectivity index (χ1) is 8.70. The third-order valence-electron chi connectivity index (χ3n) is 2.58. The Hall–Kier alpha value is -1.03. The second kappa shape index (κ2) is 6.23. The highest BCUT2D eigenvalue weighted by Gasteiger charge is 2.08. The van der Waals surface area contributed by atoms with Gasteiger partial charge in [-0.3, -0.25) is 5.10 Å². The molecule has 96 valence electrons. The minimum atomic E-state index is 0.613. The van der Waals surface area contributed by atoms with E-state index in [-0.39, 0.29) is 0 Å². The minimum absolute atomic E-state index is 0.613. The van der Waals surface area contributed by atoms with Crippen LogP contribution in [0.2, 0.25) is 10.0 Å². The summed E-state index contributed by atoms with van der Waals surface area (Å²) in [6.45, 7) is 3.92. The van der Waals surface area contributed by atoms with Crippen LogP contribution < -0.4 is 5.32 Å². The summed E-state index contributed by atoms with van der Waals surface area (Å²) in [6.07, 6.45) is 1.12. The Morgan fingerprint density at radius 1 is 1.28 bits per heavy atom. The standard InChI is InChI=1S/C13H15Cl2N3/c1-2-5-16-8-10-7-13(18-17-10)11-4-3-9(14)6-12(11)15/h3-4,6-7,16H,2,5,8H2,1H3,(H,17,18). The van der Waals surface area contributed by atoms with Gasteiger partial charge in [0.05, 0.1) is 10.7 Å². The van der Waals surface area contributed by atoms with Crippen LogP contribution in [0.15, 0.2) is 24.3 Å². The fourth-order valence-electron chi connectivity index (χ4n) is 1.69. The molecule has 18 heavy (non-hydrogen) atoms. The van der Waals surface area contributed by atoms with E-state index in [0.717, 1.165) is 36.5 Å². The van der Waals surface area contributed by atoms with E-state index in [1.807, 2.05) is 18.2 Å². The molecule has 0 unspecified atom stereocenters. The predicted octanol–water partition coefficient (Wildman–Crippen LogP) is 3.88. The molecule has 2 rings (SSSR count). The van der Waals surface area contributed by atoms with Gasteiger partial charge in [0.2, 0.25) is 0 Å². The van der Waals surface area contributed by atoms with Gasteiger partial charge in [-0.15, -0.1) is 0 Å². The molecule has 5 heteroatoms. The van der Waals surface area contributed by atoms with Crippen LogP contribution in [0.1, 0.15) is 19.0 Å². The van der Waals surface area contributed by atoms with Gasteiger partial charge in [-0.25, -0.2) is 0 Å². The van der Waals surface area contributed by atoms with Crippen LogP contribution in [-0.4, -0.2) is 16.7 Å². The molecular weight excluding hydrogens is 269 g/mol. The normalized spacial score (nSPS) is 10.8. The molecule has 0 bridgehead atoms. The molecule has 0 atom stereocenters. The number of rotatable bonds is 5. The number of benzene rings is 1. The molecule has 0 aliphatic rings. The van der Waals surface area contributed by atoms with E-state index < -0.39 is 0 Å². The van der Waals surface area contributed by atoms with Crippen LogP contribution in [0, 0.1) is 0 Å². The van der Waals surface area contributed by atoms with Crippen molar-refractivity contribution in [3.8, 4) is 11.3 Å². The van der Waals surface area contributed by atoms with Gasteiger partial charge in [0.1, 0.15) is 0 Å². The van der Waals surface area contributed by atoms with Crippen molar-refractivity contribution in [2.45, 2.75) is 19.9 Å². The maximum Gasteiger partial charge on any atom is 0.0939 e. The molecular formula is C13H15Cl2N3. The first-order valence-corrected chi connectivity index (χ1v) is 6.66. The Balaban J connectivity index is 2.13. The van der Waals surface area contributed by atoms with Crippen molar-refractivity contribution in [1.82, 2.24) is 15.5 Å². The second-order valence-electron chi connectivity index (χ2n) is 4.08. The zero-order valence-corrected chi connectivity index (χ0v) is 11.6. The van der Waals surface area contributed by atoms with Gasteiger partial charge >= 0.3 is 0 Å². The Morgan fingerprint density at radius 2 is 2.11 bits per heavy atom. The minimum Gasteiger partial charge on any atom is -0.311 e. The lowest BCUT2D eigenvalue weighted by atomic mass is 10.1. The van der Waals surface area contributed by atoms with Crippen molar-refractivity contribution in [3.63, 3.8) is 0 Å². The average Bonchev–Trinajstić information content (AvgIpc) is 2.78. The highest BCUT2D eigenvalue weighted by molar-refractivity contribution is 6.36. The molecule has 0 saturated carbocycles. The van der Waals surface area contributed by atoms with Crippen LogP contribution in [-0.2, 0) is 6.54 Å². The summed E-state index contributed by atoms with van der Waals surface area (Å²) in [5, 5.41) is 11.8. The molecule has 0 amide bonds. The van der Waals surface area contributed by atoms with Crippen molar-refractivity contribution in [3.05, 3.63) is 40.0 Å². The van der Waals surface area contributed by atoms with Gasteiger partial charge in [0.25, 0.3) is 0 Å². The molecule has 1 aromatic heterocycles. The Kier molecular flexibility index (Phi) is 4.64. The van der Waals surface area contributed by atoms with E-state index >= 15 is 0 Å². The van der Waals surface area contributed by atoms with Gasteiger partial charge < -0.3 is 5.32 Å². The number of aromatic nitrogens is 2. The molecule has 3 nitrogen and oxygen atoms in total. The highest BCUT2D eigenvalue weighted by atomic mass is 35.5. The quantitative estimate of drug-likeness (QED) is 0.818. The monoisotopic (exact) mass is 283 g/mol. The van der Waals surface area contributed by atoms with E-state index in [2.05, 4.69) is 22.4 Å². The highest BCUT2D eigenvalue weighted by Crippen LogP contribution is 2.29. The molecule has 0 spiro atoms. The van der Waals surface area contributed by atoms with Crippen molar-refractivity contribution in [2.75, 3.05) is 6.54 Å². The van der Waals surface area contributed by atoms with E-state index in [1.54, 1.807) is 6.07 Å². The number of H-pyrrole nitrogens is 1. The number of hydrogen-bond acceptors (Lipinski definition) is 2. The fourth-order valence-corrected chi connectivity index (χ4v) is 2.19.